The number of methoxy groups -OCH3 is 1. The zero-order valence-corrected chi connectivity index (χ0v) is 18.6. The van der Waals surface area contributed by atoms with Crippen LogP contribution in [0.3, 0.4) is 0 Å². The molecule has 3 rings (SSSR count). The molecule has 8 heteroatoms. The van der Waals surface area contributed by atoms with E-state index in [-0.39, 0.29) is 11.0 Å². The first-order valence-electron chi connectivity index (χ1n) is 9.88. The Morgan fingerprint density at radius 2 is 1.91 bits per heavy atom. The Morgan fingerprint density at radius 3 is 2.47 bits per heavy atom. The highest BCUT2D eigenvalue weighted by atomic mass is 16.5. The fourth-order valence-electron chi connectivity index (χ4n) is 3.21. The first kappa shape index (κ1) is 22.6. The molecule has 0 bridgehead atoms. The molecule has 8 nitrogen and oxygen atoms in total. The number of nitrogens with zero attached hydrogens (tertiary/aromatic N) is 3. The minimum absolute atomic E-state index is 0.0482. The summed E-state index contributed by atoms with van der Waals surface area (Å²) in [4.78, 5) is 24.2. The highest BCUT2D eigenvalue weighted by Crippen LogP contribution is 2.35. The topological polar surface area (TPSA) is 117 Å². The first-order chi connectivity index (χ1) is 15.0. The Balaban J connectivity index is 2.00. The maximum absolute atomic E-state index is 13.1. The van der Waals surface area contributed by atoms with Gasteiger partial charge in [0, 0.05) is 11.8 Å². The van der Waals surface area contributed by atoms with Crippen LogP contribution in [0.15, 0.2) is 42.7 Å². The van der Waals surface area contributed by atoms with Crippen molar-refractivity contribution in [1.82, 2.24) is 9.78 Å². The van der Waals surface area contributed by atoms with Crippen molar-refractivity contribution in [2.75, 3.05) is 12.4 Å². The molecule has 1 amide bonds. The smallest absolute Gasteiger partial charge is 0.338 e. The molecule has 0 saturated carbocycles. The molecule has 3 aromatic rings. The van der Waals surface area contributed by atoms with E-state index in [2.05, 4.69) is 16.5 Å². The number of rotatable bonds is 5. The summed E-state index contributed by atoms with van der Waals surface area (Å²) in [5.41, 5.74) is 3.17. The number of ether oxygens (including phenoxy) is 1. The summed E-state index contributed by atoms with van der Waals surface area (Å²) >= 11 is 0. The van der Waals surface area contributed by atoms with Gasteiger partial charge in [0.15, 0.2) is 5.75 Å². The largest absolute Gasteiger partial charge is 0.493 e. The van der Waals surface area contributed by atoms with Crippen molar-refractivity contribution in [3.63, 3.8) is 0 Å². The average Bonchev–Trinajstić information content (AvgIpc) is 3.23. The summed E-state index contributed by atoms with van der Waals surface area (Å²) in [5, 5.41) is 25.6. The molecule has 0 aliphatic heterocycles. The van der Waals surface area contributed by atoms with Gasteiger partial charge in [-0.15, -0.1) is 0 Å². The summed E-state index contributed by atoms with van der Waals surface area (Å²) in [6.07, 6.45) is 2.64. The minimum atomic E-state index is -1.08. The standard InChI is InChI=1S/C24H24N4O4/c1-14-6-7-15(9-20(14)28-13-17(12-26-28)23(30)31)22(29)27-19-10-18(24(2,3)4)8-16(11-25)21(19)32-5/h6-10,12-13H,1-5H3,(H,27,29)(H,30,31). The lowest BCUT2D eigenvalue weighted by Gasteiger charge is -2.22. The van der Waals surface area contributed by atoms with Gasteiger partial charge in [0.2, 0.25) is 0 Å². The van der Waals surface area contributed by atoms with Crippen LogP contribution in [0, 0.1) is 18.3 Å². The number of benzene rings is 2. The number of aryl methyl sites for hydroxylation is 1. The highest BCUT2D eigenvalue weighted by molar-refractivity contribution is 6.05. The lowest BCUT2D eigenvalue weighted by Crippen LogP contribution is -2.17. The second kappa shape index (κ2) is 8.55. The van der Waals surface area contributed by atoms with Crippen LogP contribution in [0.1, 0.15) is 58.2 Å². The minimum Gasteiger partial charge on any atom is -0.493 e. The molecule has 0 aliphatic carbocycles. The van der Waals surface area contributed by atoms with Gasteiger partial charge in [-0.2, -0.15) is 10.4 Å². The average molecular weight is 432 g/mol. The van der Waals surface area contributed by atoms with Crippen molar-refractivity contribution >= 4 is 17.6 Å². The van der Waals surface area contributed by atoms with Crippen molar-refractivity contribution < 1.29 is 19.4 Å². The third-order valence-electron chi connectivity index (χ3n) is 5.08. The Morgan fingerprint density at radius 1 is 1.19 bits per heavy atom. The van der Waals surface area contributed by atoms with Crippen LogP contribution in [0.25, 0.3) is 5.69 Å². The molecule has 32 heavy (non-hydrogen) atoms. The summed E-state index contributed by atoms with van der Waals surface area (Å²) in [7, 11) is 1.45. The predicted molar refractivity (Wildman–Crippen MR) is 120 cm³/mol. The lowest BCUT2D eigenvalue weighted by atomic mass is 9.85. The van der Waals surface area contributed by atoms with E-state index < -0.39 is 11.9 Å². The lowest BCUT2D eigenvalue weighted by molar-refractivity contribution is 0.0696. The van der Waals surface area contributed by atoms with Crippen molar-refractivity contribution in [1.29, 1.82) is 5.26 Å². The van der Waals surface area contributed by atoms with Crippen molar-refractivity contribution in [2.24, 2.45) is 0 Å². The number of aromatic nitrogens is 2. The molecule has 0 aliphatic rings. The van der Waals surface area contributed by atoms with Crippen LogP contribution in [-0.4, -0.2) is 33.9 Å². The maximum Gasteiger partial charge on any atom is 0.338 e. The van der Waals surface area contributed by atoms with E-state index in [4.69, 9.17) is 9.84 Å². The fraction of sp³-hybridized carbons (Fsp3) is 0.250. The molecule has 1 aromatic heterocycles. The van der Waals surface area contributed by atoms with Crippen molar-refractivity contribution in [3.05, 3.63) is 70.5 Å². The van der Waals surface area contributed by atoms with Gasteiger partial charge < -0.3 is 15.2 Å². The van der Waals surface area contributed by atoms with Crippen LogP contribution in [0.2, 0.25) is 0 Å². The number of anilines is 1. The second-order valence-corrected chi connectivity index (χ2v) is 8.40. The SMILES string of the molecule is COc1c(C#N)cc(C(C)(C)C)cc1NC(=O)c1ccc(C)c(-n2cc(C(=O)O)cn2)c1. The molecule has 0 spiro atoms. The number of carbonyl (C=O) groups excluding carboxylic acids is 1. The zero-order valence-electron chi connectivity index (χ0n) is 18.6. The number of nitrogens with one attached hydrogen (secondary N) is 1. The number of carboxylic acid groups (broad SMARTS) is 1. The fourth-order valence-corrected chi connectivity index (χ4v) is 3.21. The molecule has 2 aromatic carbocycles. The summed E-state index contributed by atoms with van der Waals surface area (Å²) in [6.45, 7) is 7.89. The quantitative estimate of drug-likeness (QED) is 0.620. The summed E-state index contributed by atoms with van der Waals surface area (Å²) < 4.78 is 6.82. The van der Waals surface area contributed by atoms with E-state index in [1.54, 1.807) is 30.3 Å². The molecule has 0 unspecified atom stereocenters. The molecule has 0 saturated heterocycles. The second-order valence-electron chi connectivity index (χ2n) is 8.40. The van der Waals surface area contributed by atoms with Crippen LogP contribution < -0.4 is 10.1 Å². The number of nitriles is 1. The molecule has 0 radical (unpaired) electrons. The molecule has 0 atom stereocenters. The number of amides is 1. The number of hydrogen-bond donors (Lipinski definition) is 2. The zero-order chi connectivity index (χ0) is 23.6. The predicted octanol–water partition coefficient (Wildman–Crippen LogP) is 4.31. The molecule has 0 fully saturated rings. The maximum atomic E-state index is 13.1. The Bertz CT molecular complexity index is 1250. The van der Waals surface area contributed by atoms with Gasteiger partial charge >= 0.3 is 5.97 Å². The summed E-state index contributed by atoms with van der Waals surface area (Å²) in [6, 6.07) is 10.8. The van der Waals surface area contributed by atoms with Crippen LogP contribution >= 0.6 is 0 Å². The van der Waals surface area contributed by atoms with Gasteiger partial charge in [0.1, 0.15) is 6.07 Å². The van der Waals surface area contributed by atoms with Gasteiger partial charge in [0.25, 0.3) is 5.91 Å². The summed E-state index contributed by atoms with van der Waals surface area (Å²) in [5.74, 6) is -1.19. The number of carboxylic acids is 1. The molecule has 1 heterocycles. The van der Waals surface area contributed by atoms with Crippen molar-refractivity contribution in [3.8, 4) is 17.5 Å². The number of carbonyl (C=O) groups is 2. The van der Waals surface area contributed by atoms with E-state index in [0.717, 1.165) is 11.1 Å². The molecular weight excluding hydrogens is 408 g/mol. The van der Waals surface area contributed by atoms with Gasteiger partial charge in [-0.05, 0) is 47.7 Å². The van der Waals surface area contributed by atoms with Crippen LogP contribution in [0.4, 0.5) is 5.69 Å². The first-order valence-corrected chi connectivity index (χ1v) is 9.88. The highest BCUT2D eigenvalue weighted by Gasteiger charge is 2.21. The Kier molecular flexibility index (Phi) is 6.03. The van der Waals surface area contributed by atoms with E-state index >= 15 is 0 Å². The third kappa shape index (κ3) is 4.47. The van der Waals surface area contributed by atoms with E-state index in [9.17, 15) is 14.9 Å². The normalized spacial score (nSPS) is 11.0. The number of aromatic carboxylic acids is 1. The molecular formula is C24H24N4O4. The van der Waals surface area contributed by atoms with Gasteiger partial charge in [-0.25, -0.2) is 9.48 Å². The van der Waals surface area contributed by atoms with E-state index in [1.165, 1.54) is 24.2 Å². The Hall–Kier alpha value is -4.12. The Labute approximate surface area is 186 Å². The van der Waals surface area contributed by atoms with Crippen molar-refractivity contribution in [2.45, 2.75) is 33.1 Å². The van der Waals surface area contributed by atoms with Gasteiger partial charge in [-0.1, -0.05) is 26.8 Å². The third-order valence-corrected chi connectivity index (χ3v) is 5.08. The van der Waals surface area contributed by atoms with Gasteiger partial charge in [-0.3, -0.25) is 4.79 Å². The molecule has 2 N–H and O–H groups in total. The molecule has 164 valence electrons. The van der Waals surface area contributed by atoms with E-state index in [1.807, 2.05) is 27.7 Å². The number of hydrogen-bond acceptors (Lipinski definition) is 5. The van der Waals surface area contributed by atoms with Gasteiger partial charge in [0.05, 0.1) is 35.8 Å². The monoisotopic (exact) mass is 432 g/mol. The van der Waals surface area contributed by atoms with Crippen LogP contribution in [-0.2, 0) is 5.41 Å². The van der Waals surface area contributed by atoms with Crippen LogP contribution in [0.5, 0.6) is 5.75 Å². The van der Waals surface area contributed by atoms with E-state index in [0.29, 0.717) is 28.3 Å².